The third-order valence-corrected chi connectivity index (χ3v) is 7.93. The number of hydrogen-bond donors (Lipinski definition) is 3. The first-order chi connectivity index (χ1) is 18.6. The van der Waals surface area contributed by atoms with Gasteiger partial charge in [0.15, 0.2) is 0 Å². The molecule has 10 nitrogen and oxygen atoms in total. The van der Waals surface area contributed by atoms with Gasteiger partial charge in [-0.25, -0.2) is 17.5 Å². The molecule has 14 heteroatoms. The number of anilines is 2. The molecule has 0 saturated carbocycles. The molecule has 2 aromatic rings. The number of likely N-dealkylation sites (N-methyl/N-ethyl adjacent to an activating group) is 1. The van der Waals surface area contributed by atoms with Gasteiger partial charge in [0, 0.05) is 36.4 Å². The molecule has 2 aromatic carbocycles. The van der Waals surface area contributed by atoms with Crippen LogP contribution in [-0.2, 0) is 27.4 Å². The molecule has 0 radical (unpaired) electrons. The van der Waals surface area contributed by atoms with E-state index in [1.165, 1.54) is 24.1 Å². The quantitative estimate of drug-likeness (QED) is 0.457. The van der Waals surface area contributed by atoms with E-state index in [1.807, 2.05) is 6.92 Å². The number of alkyl halides is 3. The van der Waals surface area contributed by atoms with Gasteiger partial charge in [-0.3, -0.25) is 4.79 Å². The molecule has 40 heavy (non-hydrogen) atoms. The Kier molecular flexibility index (Phi) is 9.69. The van der Waals surface area contributed by atoms with Gasteiger partial charge in [-0.2, -0.15) is 13.2 Å². The smallest absolute Gasteiger partial charge is 0.416 e. The fourth-order valence-corrected chi connectivity index (χ4v) is 4.57. The molecule has 3 rings (SSSR count). The Labute approximate surface area is 231 Å². The Morgan fingerprint density at radius 1 is 1.18 bits per heavy atom. The van der Waals surface area contributed by atoms with Crippen LogP contribution in [0.2, 0.25) is 0 Å². The molecule has 0 aromatic heterocycles. The maximum atomic E-state index is 13.3. The lowest BCUT2D eigenvalue weighted by molar-refractivity contribution is -0.137. The number of sulfonamides is 1. The maximum absolute atomic E-state index is 13.3. The van der Waals surface area contributed by atoms with Gasteiger partial charge in [0.1, 0.15) is 11.9 Å². The number of nitrogens with one attached hydrogen (secondary N) is 2. The highest BCUT2D eigenvalue weighted by Crippen LogP contribution is 2.31. The number of aliphatic hydroxyl groups is 1. The molecule has 0 fully saturated rings. The van der Waals surface area contributed by atoms with Crippen molar-refractivity contribution in [2.45, 2.75) is 38.6 Å². The second-order valence-corrected chi connectivity index (χ2v) is 12.0. The van der Waals surface area contributed by atoms with E-state index in [2.05, 4.69) is 10.6 Å². The highest BCUT2D eigenvalue weighted by atomic mass is 32.2. The van der Waals surface area contributed by atoms with Crippen molar-refractivity contribution in [3.63, 3.8) is 0 Å². The van der Waals surface area contributed by atoms with E-state index >= 15 is 0 Å². The first kappa shape index (κ1) is 31.2. The number of carbonyl (C=O) groups excluding carboxylic acids is 2. The van der Waals surface area contributed by atoms with Crippen LogP contribution < -0.4 is 15.4 Å². The topological polar surface area (TPSA) is 128 Å². The number of nitrogens with zero attached hydrogens (tertiary/aromatic N) is 2. The summed E-state index contributed by atoms with van der Waals surface area (Å²) in [5, 5.41) is 14.8. The number of urea groups is 1. The maximum Gasteiger partial charge on any atom is 0.416 e. The van der Waals surface area contributed by atoms with Gasteiger partial charge >= 0.3 is 12.2 Å². The summed E-state index contributed by atoms with van der Waals surface area (Å²) in [4.78, 5) is 27.3. The van der Waals surface area contributed by atoms with Crippen LogP contribution in [0.4, 0.5) is 29.3 Å². The summed E-state index contributed by atoms with van der Waals surface area (Å²) in [5.74, 6) is -0.263. The number of fused-ring (bicyclic) bond motifs is 1. The zero-order valence-electron chi connectivity index (χ0n) is 22.5. The van der Waals surface area contributed by atoms with Gasteiger partial charge < -0.3 is 25.4 Å². The Hall–Kier alpha value is -3.36. The molecule has 0 saturated heterocycles. The number of aliphatic hydroxyl groups excluding tert-OH is 1. The summed E-state index contributed by atoms with van der Waals surface area (Å²) >= 11 is 0. The van der Waals surface area contributed by atoms with Crippen LogP contribution in [0.3, 0.4) is 0 Å². The fraction of sp³-hybridized carbons (Fsp3) is 0.462. The van der Waals surface area contributed by atoms with E-state index in [4.69, 9.17) is 4.74 Å². The summed E-state index contributed by atoms with van der Waals surface area (Å²) in [6.45, 7) is 3.50. The third-order valence-electron chi connectivity index (χ3n) is 6.65. The molecular weight excluding hydrogens is 553 g/mol. The van der Waals surface area contributed by atoms with Gasteiger partial charge in [-0.15, -0.1) is 0 Å². The van der Waals surface area contributed by atoms with Crippen molar-refractivity contribution in [3.8, 4) is 5.75 Å². The number of halogens is 3. The normalized spacial score (nSPS) is 19.1. The molecule has 0 unspecified atom stereocenters. The minimum absolute atomic E-state index is 0.0184. The van der Waals surface area contributed by atoms with E-state index in [-0.39, 0.29) is 43.6 Å². The molecular formula is C26H33F3N4O6S. The van der Waals surface area contributed by atoms with Gasteiger partial charge in [0.05, 0.1) is 37.4 Å². The SMILES string of the molecule is C[C@@H]1CN([C@@H](C)CO)C(=O)Cc2cc(NC(=O)Nc3ccc(C(F)(F)F)cc3)ccc2O[C@H]1CN(C)S(C)(=O)=O. The van der Waals surface area contributed by atoms with Crippen molar-refractivity contribution >= 4 is 33.3 Å². The number of ether oxygens (including phenoxy) is 1. The van der Waals surface area contributed by atoms with Crippen LogP contribution in [-0.4, -0.2) is 79.8 Å². The Morgan fingerprint density at radius 3 is 2.35 bits per heavy atom. The van der Waals surface area contributed by atoms with Crippen LogP contribution in [0, 0.1) is 5.92 Å². The molecule has 0 spiro atoms. The summed E-state index contributed by atoms with van der Waals surface area (Å²) in [6.07, 6.45) is -4.17. The van der Waals surface area contributed by atoms with Gasteiger partial charge in [-0.1, -0.05) is 6.92 Å². The predicted octanol–water partition coefficient (Wildman–Crippen LogP) is 3.39. The molecule has 0 aliphatic carbocycles. The van der Waals surface area contributed by atoms with Crippen LogP contribution in [0.5, 0.6) is 5.75 Å². The van der Waals surface area contributed by atoms with Gasteiger partial charge in [0.25, 0.3) is 0 Å². The van der Waals surface area contributed by atoms with Crippen LogP contribution in [0.1, 0.15) is 25.0 Å². The highest BCUT2D eigenvalue weighted by molar-refractivity contribution is 7.88. The first-order valence-corrected chi connectivity index (χ1v) is 14.3. The van der Waals surface area contributed by atoms with Crippen LogP contribution in [0.15, 0.2) is 42.5 Å². The number of benzene rings is 2. The molecule has 3 amide bonds. The third kappa shape index (κ3) is 8.08. The predicted molar refractivity (Wildman–Crippen MR) is 144 cm³/mol. The van der Waals surface area contributed by atoms with Crippen molar-refractivity contribution < 1.29 is 41.0 Å². The number of rotatable bonds is 7. The molecule has 220 valence electrons. The average Bonchev–Trinajstić information content (AvgIpc) is 2.90. The van der Waals surface area contributed by atoms with E-state index in [0.29, 0.717) is 17.0 Å². The number of carbonyl (C=O) groups is 2. The van der Waals surface area contributed by atoms with Crippen molar-refractivity contribution in [1.82, 2.24) is 9.21 Å². The van der Waals surface area contributed by atoms with E-state index < -0.39 is 39.9 Å². The van der Waals surface area contributed by atoms with Crippen molar-refractivity contribution in [2.24, 2.45) is 5.92 Å². The van der Waals surface area contributed by atoms with Crippen molar-refractivity contribution in [3.05, 3.63) is 53.6 Å². The lowest BCUT2D eigenvalue weighted by Crippen LogP contribution is -2.48. The molecule has 1 heterocycles. The van der Waals surface area contributed by atoms with Gasteiger partial charge in [0.2, 0.25) is 15.9 Å². The standard InChI is InChI=1S/C26H33F3N4O6S/c1-16-13-33(17(2)15-34)24(35)12-18-11-21(9-10-22(18)39-23(16)14-32(3)40(4,37)38)31-25(36)30-20-7-5-19(6-8-20)26(27,28)29/h5-11,16-17,23,34H,12-15H2,1-4H3,(H2,30,31,36)/t16-,17+,23+/m1/s1. The Bertz CT molecular complexity index is 1320. The summed E-state index contributed by atoms with van der Waals surface area (Å²) in [5.41, 5.74) is 0.0137. The van der Waals surface area contributed by atoms with Crippen LogP contribution in [0.25, 0.3) is 0 Å². The average molecular weight is 587 g/mol. The van der Waals surface area contributed by atoms with E-state index in [0.717, 1.165) is 34.8 Å². The molecule has 3 atom stereocenters. The summed E-state index contributed by atoms with van der Waals surface area (Å²) in [7, 11) is -2.08. The zero-order valence-corrected chi connectivity index (χ0v) is 23.3. The highest BCUT2D eigenvalue weighted by Gasteiger charge is 2.32. The second-order valence-electron chi connectivity index (χ2n) is 9.91. The van der Waals surface area contributed by atoms with Crippen LogP contribution >= 0.6 is 0 Å². The van der Waals surface area contributed by atoms with Crippen molar-refractivity contribution in [2.75, 3.05) is 43.6 Å². The number of amides is 3. The molecule has 1 aliphatic heterocycles. The van der Waals surface area contributed by atoms with E-state index in [9.17, 15) is 36.3 Å². The molecule has 1 aliphatic rings. The Morgan fingerprint density at radius 2 is 1.77 bits per heavy atom. The Balaban J connectivity index is 1.86. The fourth-order valence-electron chi connectivity index (χ4n) is 4.15. The molecule has 0 bridgehead atoms. The van der Waals surface area contributed by atoms with E-state index in [1.54, 1.807) is 13.0 Å². The monoisotopic (exact) mass is 586 g/mol. The van der Waals surface area contributed by atoms with Gasteiger partial charge in [-0.05, 0) is 49.4 Å². The minimum atomic E-state index is -4.50. The molecule has 3 N–H and O–H groups in total. The lowest BCUT2D eigenvalue weighted by Gasteiger charge is -2.33. The van der Waals surface area contributed by atoms with Crippen molar-refractivity contribution in [1.29, 1.82) is 0 Å². The lowest BCUT2D eigenvalue weighted by atomic mass is 10.0. The zero-order chi connectivity index (χ0) is 29.8. The second kappa shape index (κ2) is 12.4. The summed E-state index contributed by atoms with van der Waals surface area (Å²) in [6, 6.07) is 7.37. The first-order valence-electron chi connectivity index (χ1n) is 12.4. The minimum Gasteiger partial charge on any atom is -0.488 e. The number of hydrogen-bond acceptors (Lipinski definition) is 6. The summed E-state index contributed by atoms with van der Waals surface area (Å²) < 4.78 is 69.9. The largest absolute Gasteiger partial charge is 0.488 e.